The Morgan fingerprint density at radius 3 is 2.73 bits per heavy atom. The van der Waals surface area contributed by atoms with Crippen molar-refractivity contribution in [2.75, 3.05) is 37.7 Å². The van der Waals surface area contributed by atoms with E-state index in [4.69, 9.17) is 4.74 Å². The van der Waals surface area contributed by atoms with Gasteiger partial charge in [0.1, 0.15) is 6.33 Å². The maximum absolute atomic E-state index is 12.6. The van der Waals surface area contributed by atoms with Crippen LogP contribution in [0.2, 0.25) is 0 Å². The maximum atomic E-state index is 12.6. The number of nitrogens with zero attached hydrogens (tertiary/aromatic N) is 4. The zero-order valence-corrected chi connectivity index (χ0v) is 12.2. The lowest BCUT2D eigenvalue weighted by atomic mass is 10.0. The fourth-order valence-corrected chi connectivity index (χ4v) is 3.69. The minimum absolute atomic E-state index is 0.0208. The lowest BCUT2D eigenvalue weighted by Gasteiger charge is -2.23. The molecule has 0 bridgehead atoms. The van der Waals surface area contributed by atoms with Crippen LogP contribution in [0, 0.1) is 17.8 Å². The van der Waals surface area contributed by atoms with Crippen LogP contribution < -0.4 is 4.90 Å². The minimum Gasteiger partial charge on any atom is -0.381 e. The van der Waals surface area contributed by atoms with Crippen LogP contribution in [0.15, 0.2) is 18.7 Å². The Labute approximate surface area is 128 Å². The number of ether oxygens (including phenoxy) is 1. The fraction of sp³-hybridized carbons (Fsp3) is 0.600. The molecule has 3 fully saturated rings. The highest BCUT2D eigenvalue weighted by Crippen LogP contribution is 2.35. The number of hydrogen-bond acceptors (Lipinski definition) is 5. The van der Waals surface area contributed by atoms with Gasteiger partial charge in [0, 0.05) is 32.2 Å². The van der Waals surface area contributed by atoms with Crippen LogP contribution in [0.3, 0.4) is 0 Å². The number of anilines is 1. The number of fused-ring (bicyclic) bond motifs is 1. The van der Waals surface area contributed by atoms with Gasteiger partial charge < -0.3 is 14.5 Å². The van der Waals surface area contributed by atoms with Gasteiger partial charge in [-0.05, 0) is 6.42 Å². The van der Waals surface area contributed by atoms with Crippen LogP contribution in [0.5, 0.6) is 0 Å². The van der Waals surface area contributed by atoms with Gasteiger partial charge in [0.25, 0.3) is 0 Å². The summed E-state index contributed by atoms with van der Waals surface area (Å²) in [6, 6.07) is 0. The zero-order valence-electron chi connectivity index (χ0n) is 12.2. The minimum atomic E-state index is -0.0912. The topological polar surface area (TPSA) is 75.6 Å². The van der Waals surface area contributed by atoms with Crippen LogP contribution in [-0.2, 0) is 14.3 Å². The standard InChI is InChI=1S/C15H18N4O3/c20-14(10-1-2-22-8-10)18-5-11-6-19(15(21)13(11)7-18)12-3-16-9-17-4-12/h3-4,9-11,13H,1-2,5-8H2/t10-,11-,13-/m0/s1. The molecule has 0 aliphatic carbocycles. The normalized spacial score (nSPS) is 30.9. The highest BCUT2D eigenvalue weighted by atomic mass is 16.5. The second kappa shape index (κ2) is 5.31. The van der Waals surface area contributed by atoms with Gasteiger partial charge in [-0.25, -0.2) is 9.97 Å². The predicted molar refractivity (Wildman–Crippen MR) is 76.9 cm³/mol. The molecule has 2 amide bonds. The summed E-state index contributed by atoms with van der Waals surface area (Å²) in [6.07, 6.45) is 5.57. The third-order valence-electron chi connectivity index (χ3n) is 4.89. The summed E-state index contributed by atoms with van der Waals surface area (Å²) in [5.41, 5.74) is 0.740. The molecule has 0 saturated carbocycles. The van der Waals surface area contributed by atoms with E-state index < -0.39 is 0 Å². The summed E-state index contributed by atoms with van der Waals surface area (Å²) < 4.78 is 5.29. The van der Waals surface area contributed by atoms with Crippen molar-refractivity contribution in [3.05, 3.63) is 18.7 Å². The van der Waals surface area contributed by atoms with Gasteiger partial charge in [0.15, 0.2) is 0 Å². The first-order chi connectivity index (χ1) is 10.7. The molecule has 1 aromatic heterocycles. The molecule has 3 saturated heterocycles. The Bertz CT molecular complexity index is 588. The summed E-state index contributed by atoms with van der Waals surface area (Å²) in [4.78, 5) is 36.6. The van der Waals surface area contributed by atoms with Crippen LogP contribution in [-0.4, -0.2) is 59.5 Å². The summed E-state index contributed by atoms with van der Waals surface area (Å²) in [6.45, 7) is 3.02. The van der Waals surface area contributed by atoms with Crippen molar-refractivity contribution in [2.24, 2.45) is 17.8 Å². The van der Waals surface area contributed by atoms with Crippen molar-refractivity contribution in [1.82, 2.24) is 14.9 Å². The lowest BCUT2D eigenvalue weighted by molar-refractivity contribution is -0.134. The summed E-state index contributed by atoms with van der Waals surface area (Å²) in [5.74, 6) is 0.324. The third-order valence-corrected chi connectivity index (χ3v) is 4.89. The molecular formula is C15H18N4O3. The molecule has 3 aliphatic rings. The Kier molecular flexibility index (Phi) is 3.29. The molecular weight excluding hydrogens is 284 g/mol. The summed E-state index contributed by atoms with van der Waals surface area (Å²) in [5, 5.41) is 0. The van der Waals surface area contributed by atoms with Gasteiger partial charge in [-0.15, -0.1) is 0 Å². The van der Waals surface area contributed by atoms with Crippen molar-refractivity contribution < 1.29 is 14.3 Å². The summed E-state index contributed by atoms with van der Waals surface area (Å²) in [7, 11) is 0. The lowest BCUT2D eigenvalue weighted by Crippen LogP contribution is -2.38. The van der Waals surface area contributed by atoms with Crippen LogP contribution in [0.1, 0.15) is 6.42 Å². The van der Waals surface area contributed by atoms with Crippen LogP contribution in [0.25, 0.3) is 0 Å². The Balaban J connectivity index is 1.45. The van der Waals surface area contributed by atoms with Crippen molar-refractivity contribution in [2.45, 2.75) is 6.42 Å². The number of aromatic nitrogens is 2. The van der Waals surface area contributed by atoms with E-state index in [1.54, 1.807) is 17.3 Å². The highest BCUT2D eigenvalue weighted by molar-refractivity contribution is 5.98. The van der Waals surface area contributed by atoms with Gasteiger partial charge in [0.05, 0.1) is 36.5 Å². The SMILES string of the molecule is O=C([C@H]1CCOC1)N1C[C@H]2CN(c3cncnc3)C(=O)[C@H]2C1. The average molecular weight is 302 g/mol. The molecule has 0 radical (unpaired) electrons. The van der Waals surface area contributed by atoms with E-state index in [1.165, 1.54) is 6.33 Å². The number of carbonyl (C=O) groups is 2. The molecule has 1 aromatic rings. The molecule has 3 atom stereocenters. The van der Waals surface area contributed by atoms with E-state index in [2.05, 4.69) is 9.97 Å². The van der Waals surface area contributed by atoms with Gasteiger partial charge in [0.2, 0.25) is 11.8 Å². The van der Waals surface area contributed by atoms with Gasteiger partial charge in [-0.3, -0.25) is 9.59 Å². The van der Waals surface area contributed by atoms with E-state index >= 15 is 0 Å². The molecule has 4 heterocycles. The first-order valence-corrected chi connectivity index (χ1v) is 7.67. The van der Waals surface area contributed by atoms with E-state index in [-0.39, 0.29) is 29.6 Å². The smallest absolute Gasteiger partial charge is 0.232 e. The van der Waals surface area contributed by atoms with Crippen LogP contribution in [0.4, 0.5) is 5.69 Å². The quantitative estimate of drug-likeness (QED) is 0.765. The largest absolute Gasteiger partial charge is 0.381 e. The molecule has 4 rings (SSSR count). The molecule has 7 heteroatoms. The molecule has 0 aromatic carbocycles. The maximum Gasteiger partial charge on any atom is 0.232 e. The number of carbonyl (C=O) groups excluding carboxylic acids is 2. The van der Waals surface area contributed by atoms with Crippen molar-refractivity contribution in [3.63, 3.8) is 0 Å². The van der Waals surface area contributed by atoms with E-state index in [0.29, 0.717) is 32.8 Å². The molecule has 22 heavy (non-hydrogen) atoms. The summed E-state index contributed by atoms with van der Waals surface area (Å²) >= 11 is 0. The number of hydrogen-bond donors (Lipinski definition) is 0. The predicted octanol–water partition coefficient (Wildman–Crippen LogP) is -0.0657. The first kappa shape index (κ1) is 13.6. The van der Waals surface area contributed by atoms with Gasteiger partial charge >= 0.3 is 0 Å². The van der Waals surface area contributed by atoms with Gasteiger partial charge in [-0.1, -0.05) is 0 Å². The zero-order chi connectivity index (χ0) is 15.1. The average Bonchev–Trinajstić information content (AvgIpc) is 3.25. The molecule has 7 nitrogen and oxygen atoms in total. The van der Waals surface area contributed by atoms with Crippen molar-refractivity contribution >= 4 is 17.5 Å². The second-order valence-corrected chi connectivity index (χ2v) is 6.22. The van der Waals surface area contributed by atoms with E-state index in [1.807, 2.05) is 4.90 Å². The Morgan fingerprint density at radius 1 is 1.23 bits per heavy atom. The Hall–Kier alpha value is -2.02. The molecule has 0 spiro atoms. The molecule has 116 valence electrons. The van der Waals surface area contributed by atoms with E-state index in [0.717, 1.165) is 12.1 Å². The first-order valence-electron chi connectivity index (χ1n) is 7.67. The molecule has 3 aliphatic heterocycles. The van der Waals surface area contributed by atoms with Crippen molar-refractivity contribution in [1.29, 1.82) is 0 Å². The van der Waals surface area contributed by atoms with Crippen LogP contribution >= 0.6 is 0 Å². The monoisotopic (exact) mass is 302 g/mol. The third kappa shape index (κ3) is 2.16. The van der Waals surface area contributed by atoms with Crippen molar-refractivity contribution in [3.8, 4) is 0 Å². The Morgan fingerprint density at radius 2 is 2.05 bits per heavy atom. The molecule has 0 unspecified atom stereocenters. The van der Waals surface area contributed by atoms with Gasteiger partial charge in [-0.2, -0.15) is 0 Å². The number of amides is 2. The fourth-order valence-electron chi connectivity index (χ4n) is 3.69. The number of rotatable bonds is 2. The molecule has 0 N–H and O–H groups in total. The second-order valence-electron chi connectivity index (χ2n) is 6.22. The highest BCUT2D eigenvalue weighted by Gasteiger charge is 2.48. The number of likely N-dealkylation sites (tertiary alicyclic amines) is 1. The van der Waals surface area contributed by atoms with E-state index in [9.17, 15) is 9.59 Å².